The molecule has 19 heavy (non-hydrogen) atoms. The second-order valence-corrected chi connectivity index (χ2v) is 5.60. The maximum Gasteiger partial charge on any atom is 0.245 e. The van der Waals surface area contributed by atoms with E-state index in [1.165, 1.54) is 6.92 Å². The molecule has 106 valence electrons. The standard InChI is InChI=1S/C13H19BrN2O3/c1-8(2)12(15-9(3)17)13(18)16(4)7-10-5-6-11(14)19-10/h5-6,8,12H,7H2,1-4H3,(H,15,17)/t12-/m1/s1. The van der Waals surface area contributed by atoms with Crippen molar-refractivity contribution in [2.45, 2.75) is 33.4 Å². The molecule has 1 aromatic rings. The van der Waals surface area contributed by atoms with E-state index in [2.05, 4.69) is 21.2 Å². The maximum atomic E-state index is 12.3. The third-order valence-electron chi connectivity index (χ3n) is 2.69. The summed E-state index contributed by atoms with van der Waals surface area (Å²) in [6.07, 6.45) is 0. The van der Waals surface area contributed by atoms with Gasteiger partial charge >= 0.3 is 0 Å². The van der Waals surface area contributed by atoms with Crippen molar-refractivity contribution >= 4 is 27.7 Å². The number of nitrogens with one attached hydrogen (secondary N) is 1. The molecule has 0 fully saturated rings. The van der Waals surface area contributed by atoms with Crippen LogP contribution in [0.5, 0.6) is 0 Å². The lowest BCUT2D eigenvalue weighted by Gasteiger charge is -2.26. The molecule has 0 aliphatic carbocycles. The first-order valence-electron chi connectivity index (χ1n) is 6.07. The Morgan fingerprint density at radius 3 is 2.47 bits per heavy atom. The molecule has 0 aromatic carbocycles. The Morgan fingerprint density at radius 1 is 1.42 bits per heavy atom. The molecular weight excluding hydrogens is 312 g/mol. The number of halogens is 1. The highest BCUT2D eigenvalue weighted by molar-refractivity contribution is 9.10. The first kappa shape index (κ1) is 15.8. The number of carbonyl (C=O) groups is 2. The number of hydrogen-bond donors (Lipinski definition) is 1. The largest absolute Gasteiger partial charge is 0.452 e. The highest BCUT2D eigenvalue weighted by atomic mass is 79.9. The van der Waals surface area contributed by atoms with E-state index < -0.39 is 6.04 Å². The van der Waals surface area contributed by atoms with E-state index in [0.29, 0.717) is 17.0 Å². The number of hydrogen-bond acceptors (Lipinski definition) is 3. The first-order valence-corrected chi connectivity index (χ1v) is 6.87. The molecule has 0 radical (unpaired) electrons. The van der Waals surface area contributed by atoms with Crippen molar-refractivity contribution in [1.82, 2.24) is 10.2 Å². The van der Waals surface area contributed by atoms with E-state index in [0.717, 1.165) is 0 Å². The van der Waals surface area contributed by atoms with Gasteiger partial charge in [0.25, 0.3) is 0 Å². The number of rotatable bonds is 5. The molecule has 0 aliphatic rings. The van der Waals surface area contributed by atoms with Crippen LogP contribution in [0.1, 0.15) is 26.5 Å². The van der Waals surface area contributed by atoms with E-state index in [-0.39, 0.29) is 17.7 Å². The van der Waals surface area contributed by atoms with Crippen LogP contribution in [-0.2, 0) is 16.1 Å². The zero-order valence-corrected chi connectivity index (χ0v) is 13.2. The lowest BCUT2D eigenvalue weighted by molar-refractivity contribution is -0.136. The number of carbonyl (C=O) groups excluding carboxylic acids is 2. The second-order valence-electron chi connectivity index (χ2n) is 4.82. The van der Waals surface area contributed by atoms with Crippen molar-refractivity contribution in [3.05, 3.63) is 22.6 Å². The average molecular weight is 331 g/mol. The van der Waals surface area contributed by atoms with Crippen molar-refractivity contribution in [2.75, 3.05) is 7.05 Å². The van der Waals surface area contributed by atoms with E-state index in [1.807, 2.05) is 13.8 Å². The molecule has 0 spiro atoms. The summed E-state index contributed by atoms with van der Waals surface area (Å²) < 4.78 is 5.99. The summed E-state index contributed by atoms with van der Waals surface area (Å²) in [7, 11) is 1.69. The van der Waals surface area contributed by atoms with E-state index in [9.17, 15) is 9.59 Å². The molecule has 1 N–H and O–H groups in total. The van der Waals surface area contributed by atoms with Gasteiger partial charge in [-0.05, 0) is 34.0 Å². The summed E-state index contributed by atoms with van der Waals surface area (Å²) in [5.74, 6) is 0.383. The number of likely N-dealkylation sites (N-methyl/N-ethyl adjacent to an activating group) is 1. The Bertz CT molecular complexity index is 456. The fourth-order valence-electron chi connectivity index (χ4n) is 1.72. The van der Waals surface area contributed by atoms with Crippen LogP contribution in [0, 0.1) is 5.92 Å². The van der Waals surface area contributed by atoms with Gasteiger partial charge in [0.1, 0.15) is 11.8 Å². The van der Waals surface area contributed by atoms with Gasteiger partial charge in [-0.2, -0.15) is 0 Å². The van der Waals surface area contributed by atoms with Gasteiger partial charge in [0.05, 0.1) is 6.54 Å². The van der Waals surface area contributed by atoms with Gasteiger partial charge in [-0.25, -0.2) is 0 Å². The van der Waals surface area contributed by atoms with E-state index in [4.69, 9.17) is 4.42 Å². The molecule has 0 saturated carbocycles. The normalized spacial score (nSPS) is 12.3. The number of furan rings is 1. The van der Waals surface area contributed by atoms with Crippen LogP contribution in [0.15, 0.2) is 21.2 Å². The van der Waals surface area contributed by atoms with Crippen LogP contribution in [0.4, 0.5) is 0 Å². The van der Waals surface area contributed by atoms with Gasteiger partial charge in [-0.15, -0.1) is 0 Å². The summed E-state index contributed by atoms with van der Waals surface area (Å²) in [5, 5.41) is 2.68. The molecule has 1 aromatic heterocycles. The molecule has 5 nitrogen and oxygen atoms in total. The fourth-order valence-corrected chi connectivity index (χ4v) is 2.06. The van der Waals surface area contributed by atoms with E-state index >= 15 is 0 Å². The molecule has 1 rings (SSSR count). The zero-order valence-electron chi connectivity index (χ0n) is 11.6. The second kappa shape index (κ2) is 6.75. The summed E-state index contributed by atoms with van der Waals surface area (Å²) in [5.41, 5.74) is 0. The Kier molecular flexibility index (Phi) is 5.60. The smallest absolute Gasteiger partial charge is 0.245 e. The summed E-state index contributed by atoms with van der Waals surface area (Å²) in [4.78, 5) is 25.0. The van der Waals surface area contributed by atoms with Gasteiger partial charge in [-0.3, -0.25) is 9.59 Å². The Hall–Kier alpha value is -1.30. The minimum Gasteiger partial charge on any atom is -0.452 e. The number of nitrogens with zero attached hydrogens (tertiary/aromatic N) is 1. The minimum atomic E-state index is -0.513. The lowest BCUT2D eigenvalue weighted by atomic mass is 10.0. The quantitative estimate of drug-likeness (QED) is 0.899. The SMILES string of the molecule is CC(=O)N[C@@H](C(=O)N(C)Cc1ccc(Br)o1)C(C)C. The Morgan fingerprint density at radius 2 is 2.05 bits per heavy atom. The maximum absolute atomic E-state index is 12.3. The van der Waals surface area contributed by atoms with Crippen LogP contribution in [0.3, 0.4) is 0 Å². The predicted octanol–water partition coefficient (Wildman–Crippen LogP) is 2.16. The average Bonchev–Trinajstić information content (AvgIpc) is 2.70. The lowest BCUT2D eigenvalue weighted by Crippen LogP contribution is -2.49. The third kappa shape index (κ3) is 4.70. The zero-order chi connectivity index (χ0) is 14.6. The molecule has 0 saturated heterocycles. The first-order chi connectivity index (χ1) is 8.81. The monoisotopic (exact) mass is 330 g/mol. The molecule has 0 unspecified atom stereocenters. The van der Waals surface area contributed by atoms with Crippen molar-refractivity contribution < 1.29 is 14.0 Å². The van der Waals surface area contributed by atoms with Gasteiger partial charge in [-0.1, -0.05) is 13.8 Å². The van der Waals surface area contributed by atoms with Gasteiger partial charge in [0, 0.05) is 14.0 Å². The number of amides is 2. The van der Waals surface area contributed by atoms with Crippen LogP contribution in [0.25, 0.3) is 0 Å². The Labute approximate surface area is 121 Å². The van der Waals surface area contributed by atoms with Crippen LogP contribution in [-0.4, -0.2) is 29.8 Å². The highest BCUT2D eigenvalue weighted by Crippen LogP contribution is 2.16. The molecule has 0 bridgehead atoms. The van der Waals surface area contributed by atoms with Crippen molar-refractivity contribution in [3.8, 4) is 0 Å². The predicted molar refractivity (Wildman–Crippen MR) is 75.3 cm³/mol. The van der Waals surface area contributed by atoms with Gasteiger partial charge < -0.3 is 14.6 Å². The molecule has 1 heterocycles. The highest BCUT2D eigenvalue weighted by Gasteiger charge is 2.26. The van der Waals surface area contributed by atoms with Crippen molar-refractivity contribution in [3.63, 3.8) is 0 Å². The van der Waals surface area contributed by atoms with Crippen LogP contribution in [0.2, 0.25) is 0 Å². The fraction of sp³-hybridized carbons (Fsp3) is 0.538. The summed E-state index contributed by atoms with van der Waals surface area (Å²) >= 11 is 3.22. The topological polar surface area (TPSA) is 62.6 Å². The summed E-state index contributed by atoms with van der Waals surface area (Å²) in [6.45, 7) is 5.57. The molecule has 1 atom stereocenters. The van der Waals surface area contributed by atoms with E-state index in [1.54, 1.807) is 24.1 Å². The van der Waals surface area contributed by atoms with Crippen LogP contribution < -0.4 is 5.32 Å². The summed E-state index contributed by atoms with van der Waals surface area (Å²) in [6, 6.07) is 3.07. The molecule has 6 heteroatoms. The van der Waals surface area contributed by atoms with Crippen molar-refractivity contribution in [1.29, 1.82) is 0 Å². The van der Waals surface area contributed by atoms with Gasteiger partial charge in [0.15, 0.2) is 4.67 Å². The minimum absolute atomic E-state index is 0.0298. The van der Waals surface area contributed by atoms with Crippen LogP contribution >= 0.6 is 15.9 Å². The van der Waals surface area contributed by atoms with Crippen molar-refractivity contribution in [2.24, 2.45) is 5.92 Å². The Balaban J connectivity index is 2.70. The third-order valence-corrected chi connectivity index (χ3v) is 3.12. The molecule has 2 amide bonds. The van der Waals surface area contributed by atoms with Gasteiger partial charge in [0.2, 0.25) is 11.8 Å². The molecule has 0 aliphatic heterocycles. The molecular formula is C13H19BrN2O3.